The molecule has 1 amide bonds. The standard InChI is InChI=1S/C18H15N5O3S/c1-7-3-8(2)9-5-10-13(19)14(27-17(10)22-11(9)4-7)16(25)21-12-6-20-18(26)23-15(12)24/h3-6H,19H2,1-2H3,(H,21,25)(H2,20,23,24,26). The molecule has 8 nitrogen and oxygen atoms in total. The number of aromatic nitrogens is 3. The van der Waals surface area contributed by atoms with Crippen LogP contribution in [0.1, 0.15) is 20.8 Å². The van der Waals surface area contributed by atoms with Crippen LogP contribution in [0.15, 0.2) is 34.0 Å². The van der Waals surface area contributed by atoms with E-state index in [0.29, 0.717) is 15.9 Å². The number of pyridine rings is 1. The SMILES string of the molecule is Cc1cc(C)c2cc3c(N)c(C(=O)Nc4c[nH]c(=O)[nH]c4=O)sc3nc2c1. The van der Waals surface area contributed by atoms with Gasteiger partial charge in [-0.05, 0) is 37.1 Å². The molecule has 0 radical (unpaired) electrons. The van der Waals surface area contributed by atoms with Crippen molar-refractivity contribution in [3.05, 3.63) is 61.2 Å². The molecule has 3 aromatic heterocycles. The first-order chi connectivity index (χ1) is 12.8. The summed E-state index contributed by atoms with van der Waals surface area (Å²) in [4.78, 5) is 45.3. The van der Waals surface area contributed by atoms with Crippen LogP contribution >= 0.6 is 11.3 Å². The molecule has 4 aromatic rings. The minimum Gasteiger partial charge on any atom is -0.397 e. The molecule has 5 N–H and O–H groups in total. The summed E-state index contributed by atoms with van der Waals surface area (Å²) in [6.07, 6.45) is 1.14. The maximum atomic E-state index is 12.6. The van der Waals surface area contributed by atoms with Crippen LogP contribution < -0.4 is 22.3 Å². The van der Waals surface area contributed by atoms with E-state index in [1.807, 2.05) is 31.0 Å². The number of benzene rings is 1. The molecule has 3 heterocycles. The number of hydrogen-bond acceptors (Lipinski definition) is 6. The van der Waals surface area contributed by atoms with Crippen molar-refractivity contribution in [2.75, 3.05) is 11.1 Å². The quantitative estimate of drug-likeness (QED) is 0.423. The summed E-state index contributed by atoms with van der Waals surface area (Å²) >= 11 is 1.15. The average molecular weight is 381 g/mol. The largest absolute Gasteiger partial charge is 0.397 e. The number of carbonyl (C=O) groups is 1. The molecule has 1 aromatic carbocycles. The van der Waals surface area contributed by atoms with Crippen LogP contribution in [0.5, 0.6) is 0 Å². The van der Waals surface area contributed by atoms with Crippen LogP contribution in [0.3, 0.4) is 0 Å². The highest BCUT2D eigenvalue weighted by atomic mass is 32.1. The monoisotopic (exact) mass is 381 g/mol. The minimum absolute atomic E-state index is 0.0685. The van der Waals surface area contributed by atoms with Crippen molar-refractivity contribution in [3.63, 3.8) is 0 Å². The summed E-state index contributed by atoms with van der Waals surface area (Å²) in [7, 11) is 0. The third-order valence-corrected chi connectivity index (χ3v) is 5.37. The zero-order valence-electron chi connectivity index (χ0n) is 14.5. The van der Waals surface area contributed by atoms with E-state index in [1.54, 1.807) is 0 Å². The molecule has 0 unspecified atom stereocenters. The zero-order valence-corrected chi connectivity index (χ0v) is 15.3. The fourth-order valence-electron chi connectivity index (χ4n) is 3.01. The summed E-state index contributed by atoms with van der Waals surface area (Å²) < 4.78 is 0. The van der Waals surface area contributed by atoms with Crippen LogP contribution in [0.25, 0.3) is 21.1 Å². The molecule has 0 aliphatic carbocycles. The average Bonchev–Trinajstić information content (AvgIpc) is 2.92. The van der Waals surface area contributed by atoms with Gasteiger partial charge in [-0.25, -0.2) is 9.78 Å². The molecule has 9 heteroatoms. The van der Waals surface area contributed by atoms with Crippen molar-refractivity contribution < 1.29 is 4.79 Å². The van der Waals surface area contributed by atoms with Crippen LogP contribution in [-0.4, -0.2) is 20.9 Å². The summed E-state index contributed by atoms with van der Waals surface area (Å²) in [6.45, 7) is 4.00. The highest BCUT2D eigenvalue weighted by molar-refractivity contribution is 7.21. The molecule has 0 saturated carbocycles. The molecule has 0 saturated heterocycles. The molecular formula is C18H15N5O3S. The van der Waals surface area contributed by atoms with Gasteiger partial charge in [-0.15, -0.1) is 11.3 Å². The van der Waals surface area contributed by atoms with Crippen molar-refractivity contribution in [1.29, 1.82) is 0 Å². The Labute approximate surface area is 156 Å². The molecule has 4 rings (SSSR count). The van der Waals surface area contributed by atoms with Gasteiger partial charge in [0.05, 0.1) is 11.2 Å². The number of thiophene rings is 1. The van der Waals surface area contributed by atoms with E-state index < -0.39 is 17.2 Å². The number of amides is 1. The van der Waals surface area contributed by atoms with Gasteiger partial charge in [-0.1, -0.05) is 6.07 Å². The summed E-state index contributed by atoms with van der Waals surface area (Å²) in [5.74, 6) is -0.537. The van der Waals surface area contributed by atoms with Gasteiger partial charge in [-0.2, -0.15) is 0 Å². The topological polar surface area (TPSA) is 134 Å². The Morgan fingerprint density at radius 3 is 2.70 bits per heavy atom. The maximum absolute atomic E-state index is 12.6. The smallest absolute Gasteiger partial charge is 0.325 e. The molecule has 136 valence electrons. The van der Waals surface area contributed by atoms with Gasteiger partial charge in [0.25, 0.3) is 11.5 Å². The van der Waals surface area contributed by atoms with Crippen LogP contribution in [0, 0.1) is 13.8 Å². The van der Waals surface area contributed by atoms with Gasteiger partial charge >= 0.3 is 5.69 Å². The fraction of sp³-hybridized carbons (Fsp3) is 0.111. The molecule has 0 aliphatic heterocycles. The van der Waals surface area contributed by atoms with E-state index in [9.17, 15) is 14.4 Å². The zero-order chi connectivity index (χ0) is 19.3. The molecule has 0 atom stereocenters. The second-order valence-electron chi connectivity index (χ2n) is 6.27. The number of carbonyl (C=O) groups excluding carboxylic acids is 1. The molecule has 0 bridgehead atoms. The first-order valence-corrected chi connectivity index (χ1v) is 8.88. The Bertz CT molecular complexity index is 1350. The van der Waals surface area contributed by atoms with Crippen molar-refractivity contribution >= 4 is 49.7 Å². The Morgan fingerprint density at radius 2 is 1.96 bits per heavy atom. The van der Waals surface area contributed by atoms with E-state index in [0.717, 1.165) is 39.6 Å². The third-order valence-electron chi connectivity index (χ3n) is 4.26. The fourth-order valence-corrected chi connectivity index (χ4v) is 3.99. The Morgan fingerprint density at radius 1 is 1.19 bits per heavy atom. The van der Waals surface area contributed by atoms with E-state index in [1.165, 1.54) is 0 Å². The lowest BCUT2D eigenvalue weighted by Crippen LogP contribution is -2.26. The number of aromatic amines is 2. The Hall–Kier alpha value is -3.46. The number of nitrogens with one attached hydrogen (secondary N) is 3. The van der Waals surface area contributed by atoms with Crippen LogP contribution in [0.4, 0.5) is 11.4 Å². The lowest BCUT2D eigenvalue weighted by molar-refractivity contribution is 0.103. The lowest BCUT2D eigenvalue weighted by Gasteiger charge is -2.04. The summed E-state index contributed by atoms with van der Waals surface area (Å²) in [5, 5.41) is 4.14. The number of nitrogens with two attached hydrogens (primary N) is 1. The molecule has 0 aliphatic rings. The third kappa shape index (κ3) is 2.87. The predicted molar refractivity (Wildman–Crippen MR) is 107 cm³/mol. The normalized spacial score (nSPS) is 11.2. The molecule has 0 fully saturated rings. The first-order valence-electron chi connectivity index (χ1n) is 8.07. The van der Waals surface area contributed by atoms with Crippen molar-refractivity contribution in [2.45, 2.75) is 13.8 Å². The van der Waals surface area contributed by atoms with Gasteiger partial charge in [-0.3, -0.25) is 14.6 Å². The van der Waals surface area contributed by atoms with Gasteiger partial charge in [0.15, 0.2) is 0 Å². The number of rotatable bonds is 2. The van der Waals surface area contributed by atoms with Gasteiger partial charge in [0.1, 0.15) is 15.4 Å². The first kappa shape index (κ1) is 17.0. The van der Waals surface area contributed by atoms with Crippen molar-refractivity contribution in [3.8, 4) is 0 Å². The van der Waals surface area contributed by atoms with Crippen molar-refractivity contribution in [1.82, 2.24) is 15.0 Å². The minimum atomic E-state index is -0.693. The number of anilines is 2. The Kier molecular flexibility index (Phi) is 3.81. The highest BCUT2D eigenvalue weighted by Crippen LogP contribution is 2.35. The molecule has 0 spiro atoms. The second-order valence-corrected chi connectivity index (χ2v) is 7.27. The highest BCUT2D eigenvalue weighted by Gasteiger charge is 2.19. The number of nitrogens with zero attached hydrogens (tertiary/aromatic N) is 1. The number of H-pyrrole nitrogens is 2. The lowest BCUT2D eigenvalue weighted by atomic mass is 10.1. The summed E-state index contributed by atoms with van der Waals surface area (Å²) in [6, 6.07) is 5.98. The molecular weight excluding hydrogens is 366 g/mol. The number of fused-ring (bicyclic) bond motifs is 2. The van der Waals surface area contributed by atoms with E-state index in [4.69, 9.17) is 5.73 Å². The van der Waals surface area contributed by atoms with Crippen LogP contribution in [0.2, 0.25) is 0 Å². The number of nitrogen functional groups attached to an aromatic ring is 1. The number of aryl methyl sites for hydroxylation is 2. The van der Waals surface area contributed by atoms with E-state index in [-0.39, 0.29) is 10.6 Å². The summed E-state index contributed by atoms with van der Waals surface area (Å²) in [5.41, 5.74) is 8.11. The Balaban J connectivity index is 1.82. The number of hydrogen-bond donors (Lipinski definition) is 4. The van der Waals surface area contributed by atoms with Crippen LogP contribution in [-0.2, 0) is 0 Å². The van der Waals surface area contributed by atoms with E-state index in [2.05, 4.69) is 21.4 Å². The van der Waals surface area contributed by atoms with Crippen molar-refractivity contribution in [2.24, 2.45) is 0 Å². The van der Waals surface area contributed by atoms with Gasteiger partial charge in [0.2, 0.25) is 0 Å². The van der Waals surface area contributed by atoms with E-state index >= 15 is 0 Å². The molecule has 27 heavy (non-hydrogen) atoms. The maximum Gasteiger partial charge on any atom is 0.325 e. The van der Waals surface area contributed by atoms with Gasteiger partial charge < -0.3 is 16.0 Å². The predicted octanol–water partition coefficient (Wildman–Crippen LogP) is 2.28. The van der Waals surface area contributed by atoms with Gasteiger partial charge in [0, 0.05) is 17.0 Å². The second kappa shape index (κ2) is 6.06.